The van der Waals surface area contributed by atoms with E-state index in [1.807, 2.05) is 6.07 Å². The lowest BCUT2D eigenvalue weighted by Gasteiger charge is -2.12. The van der Waals surface area contributed by atoms with Crippen LogP contribution in [0, 0.1) is 11.6 Å². The van der Waals surface area contributed by atoms with E-state index in [1.54, 1.807) is 18.2 Å². The number of phenolic OH excluding ortho intramolecular Hbond substituents is 1. The average molecular weight is 263 g/mol. The summed E-state index contributed by atoms with van der Waals surface area (Å²) in [5, 5.41) is 9.35. The molecule has 0 saturated carbocycles. The smallest absolute Gasteiger partial charge is 0.129 e. The summed E-state index contributed by atoms with van der Waals surface area (Å²) in [6.07, 6.45) is 0.840. The van der Waals surface area contributed by atoms with Crippen LogP contribution in [0.3, 0.4) is 0 Å². The quantitative estimate of drug-likeness (QED) is 0.891. The monoisotopic (exact) mass is 263 g/mol. The zero-order valence-electron chi connectivity index (χ0n) is 10.3. The summed E-state index contributed by atoms with van der Waals surface area (Å²) >= 11 is 0. The number of aromatic hydroxyl groups is 1. The third-order valence-corrected chi connectivity index (χ3v) is 2.91. The molecule has 0 aliphatic rings. The van der Waals surface area contributed by atoms with Crippen LogP contribution in [0.5, 0.6) is 5.75 Å². The summed E-state index contributed by atoms with van der Waals surface area (Å²) in [7, 11) is 0. The predicted molar refractivity (Wildman–Crippen MR) is 69.8 cm³/mol. The van der Waals surface area contributed by atoms with Crippen LogP contribution < -0.4 is 5.73 Å². The van der Waals surface area contributed by atoms with E-state index in [0.29, 0.717) is 18.4 Å². The van der Waals surface area contributed by atoms with Crippen molar-refractivity contribution >= 4 is 0 Å². The predicted octanol–water partition coefficient (Wildman–Crippen LogP) is 2.78. The maximum absolute atomic E-state index is 13.5. The van der Waals surface area contributed by atoms with Crippen LogP contribution in [0.1, 0.15) is 11.1 Å². The van der Waals surface area contributed by atoms with E-state index >= 15 is 0 Å². The van der Waals surface area contributed by atoms with Gasteiger partial charge in [-0.1, -0.05) is 18.2 Å². The van der Waals surface area contributed by atoms with Crippen molar-refractivity contribution < 1.29 is 13.9 Å². The molecule has 0 aliphatic heterocycles. The number of hydrogen-bond acceptors (Lipinski definition) is 2. The van der Waals surface area contributed by atoms with E-state index in [2.05, 4.69) is 0 Å². The molecule has 0 radical (unpaired) electrons. The van der Waals surface area contributed by atoms with Gasteiger partial charge in [-0.15, -0.1) is 0 Å². The van der Waals surface area contributed by atoms with Crippen LogP contribution >= 0.6 is 0 Å². The van der Waals surface area contributed by atoms with Crippen LogP contribution in [0.4, 0.5) is 8.78 Å². The molecular formula is C15H15F2NO. The zero-order chi connectivity index (χ0) is 13.8. The van der Waals surface area contributed by atoms with Gasteiger partial charge in [-0.2, -0.15) is 0 Å². The number of rotatable bonds is 4. The van der Waals surface area contributed by atoms with Gasteiger partial charge in [0.15, 0.2) is 0 Å². The minimum absolute atomic E-state index is 0.178. The standard InChI is InChI=1S/C15H15F2NO/c16-12-5-4-11(15(17)9-12)8-13(18)6-10-2-1-3-14(19)7-10/h1-5,7,9,13,19H,6,8,18H2. The Morgan fingerprint density at radius 2 is 1.84 bits per heavy atom. The second kappa shape index (κ2) is 5.80. The van der Waals surface area contributed by atoms with Crippen LogP contribution in [-0.2, 0) is 12.8 Å². The molecule has 1 atom stereocenters. The molecule has 2 rings (SSSR count). The molecule has 4 heteroatoms. The molecule has 2 nitrogen and oxygen atoms in total. The molecule has 2 aromatic rings. The SMILES string of the molecule is NC(Cc1cccc(O)c1)Cc1ccc(F)cc1F. The third-order valence-electron chi connectivity index (χ3n) is 2.91. The highest BCUT2D eigenvalue weighted by molar-refractivity contribution is 5.28. The summed E-state index contributed by atoms with van der Waals surface area (Å²) in [5.41, 5.74) is 7.23. The van der Waals surface area contributed by atoms with Gasteiger partial charge in [0.1, 0.15) is 17.4 Å². The van der Waals surface area contributed by atoms with Crippen LogP contribution in [0.2, 0.25) is 0 Å². The van der Waals surface area contributed by atoms with Gasteiger partial charge in [-0.3, -0.25) is 0 Å². The van der Waals surface area contributed by atoms with Gasteiger partial charge < -0.3 is 10.8 Å². The lowest BCUT2D eigenvalue weighted by molar-refractivity contribution is 0.474. The Morgan fingerprint density at radius 1 is 1.05 bits per heavy atom. The summed E-state index contributed by atoms with van der Waals surface area (Å²) in [6.45, 7) is 0. The molecule has 3 N–H and O–H groups in total. The molecule has 0 saturated heterocycles. The minimum Gasteiger partial charge on any atom is -0.508 e. The van der Waals surface area contributed by atoms with Gasteiger partial charge >= 0.3 is 0 Å². The molecular weight excluding hydrogens is 248 g/mol. The summed E-state index contributed by atoms with van der Waals surface area (Å²) in [6, 6.07) is 9.98. The van der Waals surface area contributed by atoms with Crippen molar-refractivity contribution in [2.24, 2.45) is 5.73 Å². The number of phenols is 1. The molecule has 0 heterocycles. The molecule has 19 heavy (non-hydrogen) atoms. The molecule has 2 aromatic carbocycles. The van der Waals surface area contributed by atoms with Crippen LogP contribution in [0.25, 0.3) is 0 Å². The van der Waals surface area contributed by atoms with Crippen molar-refractivity contribution in [3.8, 4) is 5.75 Å². The van der Waals surface area contributed by atoms with Gasteiger partial charge in [0.25, 0.3) is 0 Å². The van der Waals surface area contributed by atoms with Crippen molar-refractivity contribution in [2.45, 2.75) is 18.9 Å². The molecule has 0 aliphatic carbocycles. The highest BCUT2D eigenvalue weighted by Crippen LogP contribution is 2.15. The molecule has 1 unspecified atom stereocenters. The number of benzene rings is 2. The number of halogens is 2. The van der Waals surface area contributed by atoms with Gasteiger partial charge in [0, 0.05) is 12.1 Å². The van der Waals surface area contributed by atoms with E-state index in [1.165, 1.54) is 12.1 Å². The normalized spacial score (nSPS) is 12.4. The van der Waals surface area contributed by atoms with Crippen LogP contribution in [0.15, 0.2) is 42.5 Å². The number of hydrogen-bond donors (Lipinski definition) is 2. The van der Waals surface area contributed by atoms with E-state index in [-0.39, 0.29) is 11.8 Å². The second-order valence-electron chi connectivity index (χ2n) is 4.57. The fraction of sp³-hybridized carbons (Fsp3) is 0.200. The Balaban J connectivity index is 2.03. The van der Waals surface area contributed by atoms with Crippen molar-refractivity contribution in [2.75, 3.05) is 0 Å². The Bertz CT molecular complexity index is 572. The minimum atomic E-state index is -0.595. The Kier molecular flexibility index (Phi) is 4.12. The van der Waals surface area contributed by atoms with E-state index < -0.39 is 11.6 Å². The molecule has 0 fully saturated rings. The highest BCUT2D eigenvalue weighted by Gasteiger charge is 2.10. The molecule has 0 spiro atoms. The van der Waals surface area contributed by atoms with E-state index in [0.717, 1.165) is 11.6 Å². The lowest BCUT2D eigenvalue weighted by Crippen LogP contribution is -2.26. The largest absolute Gasteiger partial charge is 0.508 e. The maximum atomic E-state index is 13.5. The molecule has 0 amide bonds. The molecule has 0 bridgehead atoms. The third kappa shape index (κ3) is 3.76. The van der Waals surface area contributed by atoms with Crippen molar-refractivity contribution in [3.05, 3.63) is 65.2 Å². The Morgan fingerprint density at radius 3 is 2.53 bits per heavy atom. The Hall–Kier alpha value is -1.94. The first-order chi connectivity index (χ1) is 9.04. The first-order valence-electron chi connectivity index (χ1n) is 6.02. The fourth-order valence-corrected chi connectivity index (χ4v) is 2.03. The van der Waals surface area contributed by atoms with Crippen molar-refractivity contribution in [3.63, 3.8) is 0 Å². The summed E-state index contributed by atoms with van der Waals surface area (Å²) in [5.74, 6) is -0.994. The van der Waals surface area contributed by atoms with Gasteiger partial charge in [-0.25, -0.2) is 8.78 Å². The van der Waals surface area contributed by atoms with Gasteiger partial charge in [-0.05, 0) is 42.2 Å². The Labute approximate surface area is 110 Å². The van der Waals surface area contributed by atoms with E-state index in [9.17, 15) is 13.9 Å². The summed E-state index contributed by atoms with van der Waals surface area (Å²) in [4.78, 5) is 0. The topological polar surface area (TPSA) is 46.2 Å². The number of nitrogens with two attached hydrogens (primary N) is 1. The van der Waals surface area contributed by atoms with Crippen molar-refractivity contribution in [1.29, 1.82) is 0 Å². The fourth-order valence-electron chi connectivity index (χ4n) is 2.03. The zero-order valence-corrected chi connectivity index (χ0v) is 10.3. The van der Waals surface area contributed by atoms with Gasteiger partial charge in [0.2, 0.25) is 0 Å². The highest BCUT2D eigenvalue weighted by atomic mass is 19.1. The lowest BCUT2D eigenvalue weighted by atomic mass is 9.99. The maximum Gasteiger partial charge on any atom is 0.129 e. The first kappa shape index (κ1) is 13.5. The molecule has 0 aromatic heterocycles. The van der Waals surface area contributed by atoms with Gasteiger partial charge in [0.05, 0.1) is 0 Å². The van der Waals surface area contributed by atoms with Crippen molar-refractivity contribution in [1.82, 2.24) is 0 Å². The average Bonchev–Trinajstić information content (AvgIpc) is 2.33. The van der Waals surface area contributed by atoms with Crippen LogP contribution in [-0.4, -0.2) is 11.1 Å². The summed E-state index contributed by atoms with van der Waals surface area (Å²) < 4.78 is 26.3. The second-order valence-corrected chi connectivity index (χ2v) is 4.57. The molecule has 100 valence electrons. The van der Waals surface area contributed by atoms with E-state index in [4.69, 9.17) is 5.73 Å². The first-order valence-corrected chi connectivity index (χ1v) is 6.02.